The lowest BCUT2D eigenvalue weighted by Crippen LogP contribution is -2.44. The Kier molecular flexibility index (Phi) is 6.26. The lowest BCUT2D eigenvalue weighted by molar-refractivity contribution is -0.119. The lowest BCUT2D eigenvalue weighted by atomic mass is 10.1. The summed E-state index contributed by atoms with van der Waals surface area (Å²) in [5, 5.41) is 4.49. The van der Waals surface area contributed by atoms with Crippen LogP contribution in [0, 0.1) is 13.8 Å². The molecular weight excluding hydrogens is 376 g/mol. The lowest BCUT2D eigenvalue weighted by Gasteiger charge is -2.14. The number of hydrazine groups is 1. The van der Waals surface area contributed by atoms with Gasteiger partial charge in [0, 0.05) is 22.2 Å². The molecule has 0 atom stereocenters. The minimum atomic E-state index is -0.168. The van der Waals surface area contributed by atoms with E-state index < -0.39 is 0 Å². The smallest absolute Gasteiger partial charge is 0.248 e. The number of carbonyl (C=O) groups is 1. The van der Waals surface area contributed by atoms with E-state index in [1.807, 2.05) is 62.4 Å². The highest BCUT2D eigenvalue weighted by molar-refractivity contribution is 8.00. The van der Waals surface area contributed by atoms with E-state index in [4.69, 9.17) is 12.2 Å². The Morgan fingerprint density at radius 2 is 1.93 bits per heavy atom. The fourth-order valence-corrected chi connectivity index (χ4v) is 3.52. The number of fused-ring (bicyclic) bond motifs is 1. The normalized spacial score (nSPS) is 10.4. The van der Waals surface area contributed by atoms with Gasteiger partial charge < -0.3 is 5.32 Å². The predicted octanol–water partition coefficient (Wildman–Crippen LogP) is 3.96. The van der Waals surface area contributed by atoms with Crippen molar-refractivity contribution in [2.75, 3.05) is 11.1 Å². The number of para-hydroxylation sites is 1. The average molecular weight is 397 g/mol. The highest BCUT2D eigenvalue weighted by Crippen LogP contribution is 2.25. The van der Waals surface area contributed by atoms with Crippen molar-refractivity contribution < 1.29 is 4.79 Å². The van der Waals surface area contributed by atoms with Crippen LogP contribution < -0.4 is 16.2 Å². The largest absolute Gasteiger partial charge is 0.331 e. The number of benzene rings is 2. The monoisotopic (exact) mass is 396 g/mol. The first kappa shape index (κ1) is 19.1. The van der Waals surface area contributed by atoms with Crippen LogP contribution in [0.25, 0.3) is 10.9 Å². The maximum atomic E-state index is 12.1. The van der Waals surface area contributed by atoms with Crippen molar-refractivity contribution in [2.45, 2.75) is 18.7 Å². The molecule has 0 aliphatic carbocycles. The van der Waals surface area contributed by atoms with Crippen LogP contribution >= 0.6 is 24.0 Å². The Hall–Kier alpha value is -2.64. The number of nitrogens with one attached hydrogen (secondary N) is 3. The number of aryl methyl sites for hydroxylation is 2. The molecule has 0 spiro atoms. The molecule has 0 fully saturated rings. The molecule has 138 valence electrons. The summed E-state index contributed by atoms with van der Waals surface area (Å²) < 4.78 is 0. The molecule has 3 aromatic rings. The number of pyridine rings is 1. The van der Waals surface area contributed by atoms with Gasteiger partial charge in [0.05, 0.1) is 11.3 Å². The minimum Gasteiger partial charge on any atom is -0.331 e. The topological polar surface area (TPSA) is 66.0 Å². The first-order valence-electron chi connectivity index (χ1n) is 8.42. The Bertz CT molecular complexity index is 985. The van der Waals surface area contributed by atoms with Crippen LogP contribution in [-0.4, -0.2) is 21.8 Å². The number of anilines is 1. The first-order chi connectivity index (χ1) is 13.0. The molecule has 1 heterocycles. The molecule has 0 aliphatic rings. The molecule has 1 aromatic heterocycles. The molecule has 2 aromatic carbocycles. The first-order valence-corrected chi connectivity index (χ1v) is 9.82. The zero-order chi connectivity index (χ0) is 19.2. The van der Waals surface area contributed by atoms with Crippen molar-refractivity contribution in [3.8, 4) is 0 Å². The van der Waals surface area contributed by atoms with E-state index in [0.29, 0.717) is 5.11 Å². The van der Waals surface area contributed by atoms with Gasteiger partial charge in [-0.1, -0.05) is 30.3 Å². The van der Waals surface area contributed by atoms with Crippen molar-refractivity contribution in [2.24, 2.45) is 0 Å². The third-order valence-electron chi connectivity index (χ3n) is 3.91. The van der Waals surface area contributed by atoms with E-state index in [9.17, 15) is 4.79 Å². The van der Waals surface area contributed by atoms with Gasteiger partial charge in [-0.2, -0.15) is 0 Å². The van der Waals surface area contributed by atoms with Crippen molar-refractivity contribution in [1.82, 2.24) is 15.8 Å². The fraction of sp³-hybridized carbons (Fsp3) is 0.150. The summed E-state index contributed by atoms with van der Waals surface area (Å²) in [6.45, 7) is 4.01. The van der Waals surface area contributed by atoms with E-state index in [2.05, 4.69) is 21.2 Å². The summed E-state index contributed by atoms with van der Waals surface area (Å²) in [5.74, 6) is 0.0902. The second kappa shape index (κ2) is 8.83. The van der Waals surface area contributed by atoms with Crippen LogP contribution in [0.15, 0.2) is 59.6 Å². The van der Waals surface area contributed by atoms with E-state index in [1.165, 1.54) is 11.8 Å². The molecular formula is C20H20N4OS2. The van der Waals surface area contributed by atoms with Gasteiger partial charge in [0.2, 0.25) is 5.91 Å². The fourth-order valence-electron chi connectivity index (χ4n) is 2.52. The second-order valence-electron chi connectivity index (χ2n) is 6.07. The maximum absolute atomic E-state index is 12.1. The Morgan fingerprint density at radius 1 is 1.11 bits per heavy atom. The summed E-state index contributed by atoms with van der Waals surface area (Å²) in [6.07, 6.45) is 1.76. The summed E-state index contributed by atoms with van der Waals surface area (Å²) in [5.41, 5.74) is 9.39. The molecule has 0 saturated carbocycles. The van der Waals surface area contributed by atoms with Gasteiger partial charge in [-0.15, -0.1) is 11.8 Å². The van der Waals surface area contributed by atoms with Crippen LogP contribution in [0.4, 0.5) is 5.69 Å². The number of rotatable bonds is 4. The van der Waals surface area contributed by atoms with Crippen molar-refractivity contribution in [1.29, 1.82) is 0 Å². The summed E-state index contributed by atoms with van der Waals surface area (Å²) >= 11 is 6.68. The molecule has 0 saturated heterocycles. The van der Waals surface area contributed by atoms with Gasteiger partial charge in [-0.25, -0.2) is 0 Å². The predicted molar refractivity (Wildman–Crippen MR) is 116 cm³/mol. The van der Waals surface area contributed by atoms with E-state index in [-0.39, 0.29) is 11.7 Å². The molecule has 0 radical (unpaired) electrons. The number of carbonyl (C=O) groups excluding carboxylic acids is 1. The molecule has 5 nitrogen and oxygen atoms in total. The van der Waals surface area contributed by atoms with Crippen LogP contribution in [-0.2, 0) is 4.79 Å². The van der Waals surface area contributed by atoms with E-state index in [0.717, 1.165) is 32.6 Å². The average Bonchev–Trinajstić information content (AvgIpc) is 2.67. The standard InChI is InChI=1S/C20H20N4OS2/c1-13-8-9-14(2)16(11-13)22-20(26)24-23-18(25)12-27-17-7-3-5-15-6-4-10-21-19(15)17/h3-11H,12H2,1-2H3,(H,23,25)(H2,22,24,26). The summed E-state index contributed by atoms with van der Waals surface area (Å²) in [6, 6.07) is 15.9. The van der Waals surface area contributed by atoms with Crippen molar-refractivity contribution in [3.63, 3.8) is 0 Å². The quantitative estimate of drug-likeness (QED) is 0.352. The van der Waals surface area contributed by atoms with Crippen molar-refractivity contribution in [3.05, 3.63) is 65.9 Å². The maximum Gasteiger partial charge on any atom is 0.248 e. The van der Waals surface area contributed by atoms with Gasteiger partial charge in [0.25, 0.3) is 0 Å². The van der Waals surface area contributed by atoms with Crippen LogP contribution in [0.2, 0.25) is 0 Å². The summed E-state index contributed by atoms with van der Waals surface area (Å²) in [7, 11) is 0. The zero-order valence-electron chi connectivity index (χ0n) is 15.1. The molecule has 3 N–H and O–H groups in total. The molecule has 3 rings (SSSR count). The number of thioether (sulfide) groups is 1. The number of hydrogen-bond acceptors (Lipinski definition) is 4. The molecule has 0 aliphatic heterocycles. The Balaban J connectivity index is 1.51. The summed E-state index contributed by atoms with van der Waals surface area (Å²) in [4.78, 5) is 17.5. The number of hydrogen-bond donors (Lipinski definition) is 3. The molecule has 0 unspecified atom stereocenters. The zero-order valence-corrected chi connectivity index (χ0v) is 16.7. The minimum absolute atomic E-state index is 0.168. The molecule has 27 heavy (non-hydrogen) atoms. The third-order valence-corrected chi connectivity index (χ3v) is 5.16. The highest BCUT2D eigenvalue weighted by atomic mass is 32.2. The van der Waals surface area contributed by atoms with Crippen molar-refractivity contribution >= 4 is 51.6 Å². The Morgan fingerprint density at radius 3 is 2.78 bits per heavy atom. The van der Waals surface area contributed by atoms with Gasteiger partial charge in [0.1, 0.15) is 0 Å². The number of aromatic nitrogens is 1. The Labute approximate surface area is 167 Å². The number of amides is 1. The van der Waals surface area contributed by atoms with Gasteiger partial charge in [-0.3, -0.25) is 20.6 Å². The molecule has 0 bridgehead atoms. The van der Waals surface area contributed by atoms with Gasteiger partial charge in [0.15, 0.2) is 5.11 Å². The van der Waals surface area contributed by atoms with E-state index in [1.54, 1.807) is 6.20 Å². The van der Waals surface area contributed by atoms with Crippen LogP contribution in [0.3, 0.4) is 0 Å². The van der Waals surface area contributed by atoms with Gasteiger partial charge in [-0.05, 0) is 55.4 Å². The second-order valence-corrected chi connectivity index (χ2v) is 7.49. The number of thiocarbonyl (C=S) groups is 1. The highest BCUT2D eigenvalue weighted by Gasteiger charge is 2.07. The molecule has 1 amide bonds. The van der Waals surface area contributed by atoms with E-state index >= 15 is 0 Å². The van der Waals surface area contributed by atoms with Crippen LogP contribution in [0.1, 0.15) is 11.1 Å². The third kappa shape index (κ3) is 5.18. The van der Waals surface area contributed by atoms with Crippen LogP contribution in [0.5, 0.6) is 0 Å². The molecule has 7 heteroatoms. The number of nitrogens with zero attached hydrogens (tertiary/aromatic N) is 1. The SMILES string of the molecule is Cc1ccc(C)c(NC(=S)NNC(=O)CSc2cccc3cccnc23)c1. The van der Waals surface area contributed by atoms with Gasteiger partial charge >= 0.3 is 0 Å².